The van der Waals surface area contributed by atoms with Crippen molar-refractivity contribution in [3.8, 4) is 0 Å². The van der Waals surface area contributed by atoms with Gasteiger partial charge in [0.1, 0.15) is 0 Å². The van der Waals surface area contributed by atoms with Gasteiger partial charge >= 0.3 is 6.03 Å². The first-order valence-electron chi connectivity index (χ1n) is 9.51. The smallest absolute Gasteiger partial charge is 0.319 e. The van der Waals surface area contributed by atoms with Gasteiger partial charge in [0, 0.05) is 51.2 Å². The van der Waals surface area contributed by atoms with Crippen LogP contribution in [-0.4, -0.2) is 77.4 Å². The van der Waals surface area contributed by atoms with Crippen LogP contribution in [0.5, 0.6) is 0 Å². The molecule has 0 saturated carbocycles. The number of carbonyl (C=O) groups is 3. The lowest BCUT2D eigenvalue weighted by molar-refractivity contribution is -0.130. The van der Waals surface area contributed by atoms with Crippen LogP contribution in [0, 0.1) is 5.92 Å². The van der Waals surface area contributed by atoms with E-state index in [4.69, 9.17) is 0 Å². The molecule has 0 radical (unpaired) electrons. The standard InChI is InChI=1S/C18H32N4O3/c1-5-20(6-2)18(25)21-9-7-15(8-10-21)19-17(24)14-11-16(23)22(12-14)13(3)4/h13-15H,5-12H2,1-4H3,(H,19,24). The minimum Gasteiger partial charge on any atom is -0.353 e. The highest BCUT2D eigenvalue weighted by Crippen LogP contribution is 2.21. The van der Waals surface area contributed by atoms with Crippen LogP contribution < -0.4 is 5.32 Å². The average Bonchev–Trinajstić information content (AvgIpc) is 2.99. The second kappa shape index (κ2) is 8.54. The summed E-state index contributed by atoms with van der Waals surface area (Å²) in [7, 11) is 0. The Morgan fingerprint density at radius 3 is 2.28 bits per heavy atom. The van der Waals surface area contributed by atoms with E-state index in [2.05, 4.69) is 5.32 Å². The molecule has 0 bridgehead atoms. The summed E-state index contributed by atoms with van der Waals surface area (Å²) in [5.74, 6) is -0.204. The van der Waals surface area contributed by atoms with Gasteiger partial charge in [0.05, 0.1) is 5.92 Å². The molecular weight excluding hydrogens is 320 g/mol. The maximum absolute atomic E-state index is 12.5. The van der Waals surface area contributed by atoms with Crippen molar-refractivity contribution >= 4 is 17.8 Å². The maximum atomic E-state index is 12.5. The molecule has 7 nitrogen and oxygen atoms in total. The van der Waals surface area contributed by atoms with Crippen molar-refractivity contribution in [3.05, 3.63) is 0 Å². The molecule has 0 aliphatic carbocycles. The van der Waals surface area contributed by atoms with Crippen LogP contribution in [-0.2, 0) is 9.59 Å². The minimum atomic E-state index is -0.245. The van der Waals surface area contributed by atoms with E-state index in [-0.39, 0.29) is 35.8 Å². The predicted molar refractivity (Wildman–Crippen MR) is 96.0 cm³/mol. The van der Waals surface area contributed by atoms with Crippen LogP contribution in [0.3, 0.4) is 0 Å². The quantitative estimate of drug-likeness (QED) is 0.810. The predicted octanol–water partition coefficient (Wildman–Crippen LogP) is 1.29. The molecule has 2 saturated heterocycles. The number of nitrogens with zero attached hydrogens (tertiary/aromatic N) is 3. The first-order valence-corrected chi connectivity index (χ1v) is 9.51. The van der Waals surface area contributed by atoms with Crippen molar-refractivity contribution in [1.82, 2.24) is 20.0 Å². The lowest BCUT2D eigenvalue weighted by Gasteiger charge is -2.35. The van der Waals surface area contributed by atoms with Crippen LogP contribution in [0.25, 0.3) is 0 Å². The number of carbonyl (C=O) groups excluding carboxylic acids is 3. The molecule has 2 aliphatic heterocycles. The molecule has 0 spiro atoms. The number of piperidine rings is 1. The zero-order chi connectivity index (χ0) is 18.6. The molecule has 4 amide bonds. The van der Waals surface area contributed by atoms with Crippen molar-refractivity contribution in [2.24, 2.45) is 5.92 Å². The second-order valence-corrected chi connectivity index (χ2v) is 7.27. The summed E-state index contributed by atoms with van der Waals surface area (Å²) in [6.07, 6.45) is 1.85. The van der Waals surface area contributed by atoms with Gasteiger partial charge in [0.15, 0.2) is 0 Å². The molecule has 0 aromatic carbocycles. The molecule has 0 aromatic rings. The highest BCUT2D eigenvalue weighted by Gasteiger charge is 2.36. The van der Waals surface area contributed by atoms with E-state index in [1.165, 1.54) is 0 Å². The van der Waals surface area contributed by atoms with Gasteiger partial charge in [0.2, 0.25) is 11.8 Å². The summed E-state index contributed by atoms with van der Waals surface area (Å²) in [6.45, 7) is 11.2. The van der Waals surface area contributed by atoms with Crippen molar-refractivity contribution in [2.45, 2.75) is 59.0 Å². The van der Waals surface area contributed by atoms with Crippen LogP contribution >= 0.6 is 0 Å². The Balaban J connectivity index is 1.79. The molecule has 2 heterocycles. The summed E-state index contributed by atoms with van der Waals surface area (Å²) < 4.78 is 0. The third-order valence-corrected chi connectivity index (χ3v) is 5.30. The Morgan fingerprint density at radius 2 is 1.80 bits per heavy atom. The summed E-state index contributed by atoms with van der Waals surface area (Å²) in [5.41, 5.74) is 0. The molecule has 7 heteroatoms. The molecule has 0 aromatic heterocycles. The fourth-order valence-electron chi connectivity index (χ4n) is 3.63. The van der Waals surface area contributed by atoms with Crippen molar-refractivity contribution in [2.75, 3.05) is 32.7 Å². The van der Waals surface area contributed by atoms with Gasteiger partial charge in [-0.15, -0.1) is 0 Å². The zero-order valence-electron chi connectivity index (χ0n) is 16.0. The fraction of sp³-hybridized carbons (Fsp3) is 0.833. The van der Waals surface area contributed by atoms with E-state index < -0.39 is 0 Å². The molecule has 1 atom stereocenters. The van der Waals surface area contributed by atoms with Crippen LogP contribution in [0.2, 0.25) is 0 Å². The van der Waals surface area contributed by atoms with Gasteiger partial charge in [-0.25, -0.2) is 4.79 Å². The van der Waals surface area contributed by atoms with Gasteiger partial charge in [-0.2, -0.15) is 0 Å². The number of likely N-dealkylation sites (tertiary alicyclic amines) is 2. The Morgan fingerprint density at radius 1 is 1.20 bits per heavy atom. The highest BCUT2D eigenvalue weighted by molar-refractivity contribution is 5.89. The Labute approximate surface area is 150 Å². The van der Waals surface area contributed by atoms with E-state index in [1.54, 1.807) is 4.90 Å². The second-order valence-electron chi connectivity index (χ2n) is 7.27. The SMILES string of the molecule is CCN(CC)C(=O)N1CCC(NC(=O)C2CC(=O)N(C(C)C)C2)CC1. The highest BCUT2D eigenvalue weighted by atomic mass is 16.2. The fourth-order valence-corrected chi connectivity index (χ4v) is 3.63. The molecule has 1 N–H and O–H groups in total. The Bertz CT molecular complexity index is 497. The third kappa shape index (κ3) is 4.64. The van der Waals surface area contributed by atoms with Gasteiger partial charge in [-0.1, -0.05) is 0 Å². The van der Waals surface area contributed by atoms with Crippen LogP contribution in [0.15, 0.2) is 0 Å². The molecular formula is C18H32N4O3. The van der Waals surface area contributed by atoms with Gasteiger partial charge in [-0.05, 0) is 40.5 Å². The van der Waals surface area contributed by atoms with Gasteiger partial charge in [-0.3, -0.25) is 9.59 Å². The number of hydrogen-bond donors (Lipinski definition) is 1. The zero-order valence-corrected chi connectivity index (χ0v) is 16.0. The summed E-state index contributed by atoms with van der Waals surface area (Å²) >= 11 is 0. The topological polar surface area (TPSA) is 73.0 Å². The maximum Gasteiger partial charge on any atom is 0.319 e. The van der Waals surface area contributed by atoms with E-state index in [9.17, 15) is 14.4 Å². The Hall–Kier alpha value is -1.79. The first kappa shape index (κ1) is 19.5. The number of urea groups is 1. The largest absolute Gasteiger partial charge is 0.353 e. The Kier molecular flexibility index (Phi) is 6.67. The van der Waals surface area contributed by atoms with E-state index in [0.29, 0.717) is 39.1 Å². The van der Waals surface area contributed by atoms with E-state index in [0.717, 1.165) is 12.8 Å². The lowest BCUT2D eigenvalue weighted by atomic mass is 10.0. The first-order chi connectivity index (χ1) is 11.9. The molecule has 142 valence electrons. The summed E-state index contributed by atoms with van der Waals surface area (Å²) in [5, 5.41) is 3.09. The van der Waals surface area contributed by atoms with Gasteiger partial charge < -0.3 is 20.0 Å². The average molecular weight is 352 g/mol. The minimum absolute atomic E-state index is 0.0231. The van der Waals surface area contributed by atoms with Crippen molar-refractivity contribution in [3.63, 3.8) is 0 Å². The molecule has 2 fully saturated rings. The van der Waals surface area contributed by atoms with Crippen molar-refractivity contribution in [1.29, 1.82) is 0 Å². The lowest BCUT2D eigenvalue weighted by Crippen LogP contribution is -2.51. The van der Waals surface area contributed by atoms with E-state index in [1.807, 2.05) is 37.5 Å². The molecule has 2 aliphatic rings. The number of rotatable bonds is 5. The number of nitrogens with one attached hydrogen (secondary N) is 1. The summed E-state index contributed by atoms with van der Waals surface area (Å²) in [6, 6.07) is 0.319. The number of amides is 4. The third-order valence-electron chi connectivity index (χ3n) is 5.30. The van der Waals surface area contributed by atoms with Crippen LogP contribution in [0.4, 0.5) is 4.79 Å². The van der Waals surface area contributed by atoms with Crippen LogP contribution in [0.1, 0.15) is 47.0 Å². The molecule has 2 rings (SSSR count). The van der Waals surface area contributed by atoms with E-state index >= 15 is 0 Å². The normalized spacial score (nSPS) is 21.8. The summed E-state index contributed by atoms with van der Waals surface area (Å²) in [4.78, 5) is 42.2. The van der Waals surface area contributed by atoms with Crippen molar-refractivity contribution < 1.29 is 14.4 Å². The monoisotopic (exact) mass is 352 g/mol. The molecule has 1 unspecified atom stereocenters. The van der Waals surface area contributed by atoms with Gasteiger partial charge in [0.25, 0.3) is 0 Å². The number of hydrogen-bond acceptors (Lipinski definition) is 3. The molecule has 25 heavy (non-hydrogen) atoms.